The largest absolute Gasteiger partial charge is 0.484 e. The van der Waals surface area contributed by atoms with Crippen molar-refractivity contribution in [2.75, 3.05) is 13.2 Å². The summed E-state index contributed by atoms with van der Waals surface area (Å²) in [6.07, 6.45) is 0.759. The summed E-state index contributed by atoms with van der Waals surface area (Å²) in [5.41, 5.74) is 3.65. The maximum atomic E-state index is 12.8. The molecule has 0 aliphatic rings. The SMILES string of the molecule is Cc1c(CCNC(=O)COc2ccc(F)cc2)c2ccccc2n1C. The van der Waals surface area contributed by atoms with Gasteiger partial charge in [0.1, 0.15) is 11.6 Å². The molecule has 5 heteroatoms. The second-order valence-electron chi connectivity index (χ2n) is 5.98. The number of carbonyl (C=O) groups excluding carboxylic acids is 1. The van der Waals surface area contributed by atoms with Gasteiger partial charge in [0.05, 0.1) is 0 Å². The molecule has 3 aromatic rings. The molecule has 0 aliphatic carbocycles. The van der Waals surface area contributed by atoms with Crippen LogP contribution in [0.1, 0.15) is 11.3 Å². The zero-order valence-electron chi connectivity index (χ0n) is 14.4. The van der Waals surface area contributed by atoms with E-state index >= 15 is 0 Å². The average molecular weight is 340 g/mol. The highest BCUT2D eigenvalue weighted by atomic mass is 19.1. The molecule has 0 radical (unpaired) electrons. The number of hydrogen-bond acceptors (Lipinski definition) is 2. The number of aromatic nitrogens is 1. The Hall–Kier alpha value is -2.82. The third-order valence-corrected chi connectivity index (χ3v) is 4.41. The molecule has 0 unspecified atom stereocenters. The van der Waals surface area contributed by atoms with Gasteiger partial charge in [0.25, 0.3) is 5.91 Å². The number of ether oxygens (including phenoxy) is 1. The summed E-state index contributed by atoms with van der Waals surface area (Å²) in [6, 6.07) is 13.9. The van der Waals surface area contributed by atoms with Crippen molar-refractivity contribution in [3.8, 4) is 5.75 Å². The Morgan fingerprint density at radius 2 is 1.88 bits per heavy atom. The van der Waals surface area contributed by atoms with Gasteiger partial charge in [0, 0.05) is 30.2 Å². The van der Waals surface area contributed by atoms with E-state index in [4.69, 9.17) is 4.74 Å². The van der Waals surface area contributed by atoms with Crippen LogP contribution in [0.25, 0.3) is 10.9 Å². The number of fused-ring (bicyclic) bond motifs is 1. The standard InChI is InChI=1S/C20H21FN2O2/c1-14-17(18-5-3-4-6-19(18)23(14)2)11-12-22-20(24)13-25-16-9-7-15(21)8-10-16/h3-10H,11-13H2,1-2H3,(H,22,24). The van der Waals surface area contributed by atoms with Crippen LogP contribution in [-0.2, 0) is 18.3 Å². The number of amides is 1. The van der Waals surface area contributed by atoms with Gasteiger partial charge in [0.2, 0.25) is 0 Å². The molecule has 2 aromatic carbocycles. The molecule has 0 aliphatic heterocycles. The Kier molecular flexibility index (Phi) is 5.03. The highest BCUT2D eigenvalue weighted by Gasteiger charge is 2.11. The second kappa shape index (κ2) is 7.38. The number of rotatable bonds is 6. The molecule has 1 aromatic heterocycles. The lowest BCUT2D eigenvalue weighted by Crippen LogP contribution is -2.30. The molecule has 0 saturated carbocycles. The highest BCUT2D eigenvalue weighted by molar-refractivity contribution is 5.85. The topological polar surface area (TPSA) is 43.3 Å². The molecule has 4 nitrogen and oxygen atoms in total. The van der Waals surface area contributed by atoms with Gasteiger partial charge in [-0.15, -0.1) is 0 Å². The molecule has 1 amide bonds. The van der Waals surface area contributed by atoms with E-state index in [2.05, 4.69) is 36.0 Å². The van der Waals surface area contributed by atoms with Crippen LogP contribution in [0.3, 0.4) is 0 Å². The van der Waals surface area contributed by atoms with E-state index in [0.29, 0.717) is 12.3 Å². The Balaban J connectivity index is 1.53. The van der Waals surface area contributed by atoms with Crippen LogP contribution < -0.4 is 10.1 Å². The minimum absolute atomic E-state index is 0.0832. The van der Waals surface area contributed by atoms with Crippen LogP contribution in [0.15, 0.2) is 48.5 Å². The van der Waals surface area contributed by atoms with Gasteiger partial charge in [-0.2, -0.15) is 0 Å². The molecule has 25 heavy (non-hydrogen) atoms. The minimum Gasteiger partial charge on any atom is -0.484 e. The fourth-order valence-corrected chi connectivity index (χ4v) is 2.97. The minimum atomic E-state index is -0.331. The van der Waals surface area contributed by atoms with Gasteiger partial charge >= 0.3 is 0 Å². The average Bonchev–Trinajstić information content (AvgIpc) is 2.86. The Labute approximate surface area is 146 Å². The van der Waals surface area contributed by atoms with E-state index in [1.54, 1.807) is 0 Å². The number of para-hydroxylation sites is 1. The lowest BCUT2D eigenvalue weighted by Gasteiger charge is -2.08. The highest BCUT2D eigenvalue weighted by Crippen LogP contribution is 2.24. The van der Waals surface area contributed by atoms with Crippen molar-refractivity contribution in [3.63, 3.8) is 0 Å². The number of halogens is 1. The summed E-state index contributed by atoms with van der Waals surface area (Å²) >= 11 is 0. The maximum Gasteiger partial charge on any atom is 0.257 e. The number of nitrogens with zero attached hydrogens (tertiary/aromatic N) is 1. The molecule has 0 atom stereocenters. The van der Waals surface area contributed by atoms with Crippen LogP contribution >= 0.6 is 0 Å². The molecule has 0 spiro atoms. The molecule has 1 heterocycles. The monoisotopic (exact) mass is 340 g/mol. The van der Waals surface area contributed by atoms with Gasteiger partial charge in [-0.25, -0.2) is 4.39 Å². The second-order valence-corrected chi connectivity index (χ2v) is 5.98. The van der Waals surface area contributed by atoms with Crippen molar-refractivity contribution in [1.29, 1.82) is 0 Å². The third-order valence-electron chi connectivity index (χ3n) is 4.41. The quantitative estimate of drug-likeness (QED) is 0.748. The van der Waals surface area contributed by atoms with E-state index in [1.165, 1.54) is 46.4 Å². The summed E-state index contributed by atoms with van der Waals surface area (Å²) < 4.78 is 20.3. The summed E-state index contributed by atoms with van der Waals surface area (Å²) in [5.74, 6) is -0.0501. The van der Waals surface area contributed by atoms with Gasteiger partial charge < -0.3 is 14.6 Å². The summed E-state index contributed by atoms with van der Waals surface area (Å²) in [5, 5.41) is 4.09. The number of benzene rings is 2. The van der Waals surface area contributed by atoms with Gasteiger partial charge in [0.15, 0.2) is 6.61 Å². The van der Waals surface area contributed by atoms with Gasteiger partial charge in [-0.1, -0.05) is 18.2 Å². The number of nitrogens with one attached hydrogen (secondary N) is 1. The molecule has 1 N–H and O–H groups in total. The fourth-order valence-electron chi connectivity index (χ4n) is 2.97. The van der Waals surface area contributed by atoms with Crippen LogP contribution in [0.2, 0.25) is 0 Å². The zero-order valence-corrected chi connectivity index (χ0v) is 14.4. The predicted octanol–water partition coefficient (Wildman–Crippen LogP) is 3.36. The molecule has 0 bridgehead atoms. The van der Waals surface area contributed by atoms with Crippen molar-refractivity contribution < 1.29 is 13.9 Å². The van der Waals surface area contributed by atoms with Crippen LogP contribution in [-0.4, -0.2) is 23.6 Å². The Morgan fingerprint density at radius 3 is 2.64 bits per heavy atom. The Bertz CT molecular complexity index is 885. The lowest BCUT2D eigenvalue weighted by molar-refractivity contribution is -0.123. The summed E-state index contributed by atoms with van der Waals surface area (Å²) in [7, 11) is 2.05. The lowest BCUT2D eigenvalue weighted by atomic mass is 10.1. The first-order valence-electron chi connectivity index (χ1n) is 8.24. The molecular weight excluding hydrogens is 319 g/mol. The van der Waals surface area contributed by atoms with Crippen LogP contribution in [0, 0.1) is 12.7 Å². The van der Waals surface area contributed by atoms with E-state index in [1.807, 2.05) is 12.1 Å². The van der Waals surface area contributed by atoms with Gasteiger partial charge in [-0.05, 0) is 49.2 Å². The van der Waals surface area contributed by atoms with Crippen LogP contribution in [0.4, 0.5) is 4.39 Å². The van der Waals surface area contributed by atoms with E-state index in [0.717, 1.165) is 6.42 Å². The third kappa shape index (κ3) is 3.82. The first-order chi connectivity index (χ1) is 12.1. The van der Waals surface area contributed by atoms with Crippen molar-refractivity contribution >= 4 is 16.8 Å². The number of aryl methyl sites for hydroxylation is 1. The van der Waals surface area contributed by atoms with Crippen molar-refractivity contribution in [2.24, 2.45) is 7.05 Å². The smallest absolute Gasteiger partial charge is 0.257 e. The van der Waals surface area contributed by atoms with E-state index < -0.39 is 0 Å². The molecule has 0 saturated heterocycles. The molecule has 130 valence electrons. The zero-order chi connectivity index (χ0) is 17.8. The van der Waals surface area contributed by atoms with Crippen molar-refractivity contribution in [1.82, 2.24) is 9.88 Å². The number of hydrogen-bond donors (Lipinski definition) is 1. The van der Waals surface area contributed by atoms with E-state index in [9.17, 15) is 9.18 Å². The Morgan fingerprint density at radius 1 is 1.16 bits per heavy atom. The molecule has 0 fully saturated rings. The summed E-state index contributed by atoms with van der Waals surface area (Å²) in [4.78, 5) is 11.9. The van der Waals surface area contributed by atoms with Crippen LogP contribution in [0.5, 0.6) is 5.75 Å². The van der Waals surface area contributed by atoms with Gasteiger partial charge in [-0.3, -0.25) is 4.79 Å². The van der Waals surface area contributed by atoms with Crippen molar-refractivity contribution in [3.05, 3.63) is 65.6 Å². The first-order valence-corrected chi connectivity index (χ1v) is 8.24. The predicted molar refractivity (Wildman–Crippen MR) is 96.3 cm³/mol. The maximum absolute atomic E-state index is 12.8. The molecule has 3 rings (SSSR count). The normalized spacial score (nSPS) is 10.8. The summed E-state index contributed by atoms with van der Waals surface area (Å²) in [6.45, 7) is 2.55. The molecular formula is C20H21FN2O2. The van der Waals surface area contributed by atoms with E-state index in [-0.39, 0.29) is 18.3 Å². The number of carbonyl (C=O) groups is 1. The van der Waals surface area contributed by atoms with Crippen molar-refractivity contribution in [2.45, 2.75) is 13.3 Å². The fraction of sp³-hybridized carbons (Fsp3) is 0.250. The first kappa shape index (κ1) is 17.0.